The minimum absolute atomic E-state index is 0.0198. The molecule has 0 heterocycles. The van der Waals surface area contributed by atoms with E-state index in [1.165, 1.54) is 12.1 Å². The molecule has 1 unspecified atom stereocenters. The third kappa shape index (κ3) is 5.94. The maximum Gasteiger partial charge on any atom is 0.242 e. The summed E-state index contributed by atoms with van der Waals surface area (Å²) < 4.78 is 27.3. The van der Waals surface area contributed by atoms with Crippen LogP contribution < -0.4 is 4.72 Å². The number of benzene rings is 1. The standard InChI is InChI=1S/C15H24ClNO3S/c1-11(2)5-4-6-12(3)17-21(19,20)15-9-13(10-18)7-8-14(15)16/h7-9,11-12,17-18H,4-6,10H2,1-3H3. The van der Waals surface area contributed by atoms with Gasteiger partial charge < -0.3 is 5.11 Å². The quantitative estimate of drug-likeness (QED) is 0.766. The smallest absolute Gasteiger partial charge is 0.242 e. The molecule has 1 aromatic carbocycles. The van der Waals surface area contributed by atoms with Crippen LogP contribution >= 0.6 is 11.6 Å². The first kappa shape index (κ1) is 18.4. The van der Waals surface area contributed by atoms with Crippen LogP contribution in [0.1, 0.15) is 45.6 Å². The van der Waals surface area contributed by atoms with Gasteiger partial charge in [-0.05, 0) is 37.0 Å². The molecule has 0 saturated heterocycles. The molecular weight excluding hydrogens is 310 g/mol. The van der Waals surface area contributed by atoms with Crippen LogP contribution in [0.2, 0.25) is 5.02 Å². The van der Waals surface area contributed by atoms with Gasteiger partial charge in [0.1, 0.15) is 4.90 Å². The topological polar surface area (TPSA) is 66.4 Å². The number of aliphatic hydroxyl groups is 1. The first-order valence-electron chi connectivity index (χ1n) is 7.18. The van der Waals surface area contributed by atoms with E-state index in [2.05, 4.69) is 18.6 Å². The van der Waals surface area contributed by atoms with Crippen LogP contribution in [0.4, 0.5) is 0 Å². The molecule has 0 saturated carbocycles. The number of hydrogen-bond acceptors (Lipinski definition) is 3. The van der Waals surface area contributed by atoms with Gasteiger partial charge in [0.2, 0.25) is 10.0 Å². The average molecular weight is 334 g/mol. The Labute approximate surface area is 132 Å². The Morgan fingerprint density at radius 3 is 2.48 bits per heavy atom. The zero-order valence-electron chi connectivity index (χ0n) is 12.8. The minimum atomic E-state index is -3.67. The van der Waals surface area contributed by atoms with Gasteiger partial charge in [-0.3, -0.25) is 0 Å². The lowest BCUT2D eigenvalue weighted by atomic mass is 10.0. The van der Waals surface area contributed by atoms with Crippen molar-refractivity contribution in [2.24, 2.45) is 5.92 Å². The SMILES string of the molecule is CC(C)CCCC(C)NS(=O)(=O)c1cc(CO)ccc1Cl. The molecule has 1 atom stereocenters. The van der Waals surface area contributed by atoms with Crippen molar-refractivity contribution in [1.29, 1.82) is 0 Å². The molecule has 1 aromatic rings. The number of hydrogen-bond donors (Lipinski definition) is 2. The van der Waals surface area contributed by atoms with E-state index >= 15 is 0 Å². The van der Waals surface area contributed by atoms with Gasteiger partial charge in [-0.25, -0.2) is 13.1 Å². The van der Waals surface area contributed by atoms with Gasteiger partial charge in [0.15, 0.2) is 0 Å². The molecule has 0 spiro atoms. The summed E-state index contributed by atoms with van der Waals surface area (Å²) in [6.07, 6.45) is 2.84. The van der Waals surface area contributed by atoms with Crippen molar-refractivity contribution in [3.05, 3.63) is 28.8 Å². The second kappa shape index (κ2) is 8.13. The zero-order chi connectivity index (χ0) is 16.0. The van der Waals surface area contributed by atoms with Crippen molar-refractivity contribution in [1.82, 2.24) is 4.72 Å². The third-order valence-electron chi connectivity index (χ3n) is 3.24. The fourth-order valence-electron chi connectivity index (χ4n) is 2.07. The van der Waals surface area contributed by atoms with E-state index in [1.807, 2.05) is 6.92 Å². The lowest BCUT2D eigenvalue weighted by Gasteiger charge is -2.16. The van der Waals surface area contributed by atoms with Gasteiger partial charge in [-0.15, -0.1) is 0 Å². The van der Waals surface area contributed by atoms with E-state index in [1.54, 1.807) is 6.07 Å². The predicted octanol–water partition coefficient (Wildman–Crippen LogP) is 3.33. The van der Waals surface area contributed by atoms with Gasteiger partial charge in [0.25, 0.3) is 0 Å². The maximum atomic E-state index is 12.4. The van der Waals surface area contributed by atoms with Crippen LogP contribution in [0.5, 0.6) is 0 Å². The first-order valence-corrected chi connectivity index (χ1v) is 9.04. The number of halogens is 1. The second-order valence-corrected chi connectivity index (χ2v) is 7.86. The lowest BCUT2D eigenvalue weighted by Crippen LogP contribution is -2.32. The highest BCUT2D eigenvalue weighted by Gasteiger charge is 2.20. The number of rotatable bonds is 8. The van der Waals surface area contributed by atoms with Gasteiger partial charge in [0, 0.05) is 6.04 Å². The molecular formula is C15H24ClNO3S. The van der Waals surface area contributed by atoms with Crippen molar-refractivity contribution < 1.29 is 13.5 Å². The Balaban J connectivity index is 2.77. The highest BCUT2D eigenvalue weighted by molar-refractivity contribution is 7.89. The normalized spacial score (nSPS) is 13.6. The lowest BCUT2D eigenvalue weighted by molar-refractivity contribution is 0.281. The van der Waals surface area contributed by atoms with E-state index in [9.17, 15) is 8.42 Å². The Morgan fingerprint density at radius 2 is 1.90 bits per heavy atom. The molecule has 0 aliphatic rings. The summed E-state index contributed by atoms with van der Waals surface area (Å²) in [6, 6.07) is 4.35. The molecule has 2 N–H and O–H groups in total. The van der Waals surface area contributed by atoms with E-state index in [0.717, 1.165) is 19.3 Å². The van der Waals surface area contributed by atoms with Gasteiger partial charge in [-0.1, -0.05) is 44.4 Å². The molecule has 120 valence electrons. The summed E-state index contributed by atoms with van der Waals surface area (Å²) in [5.74, 6) is 0.615. The zero-order valence-corrected chi connectivity index (χ0v) is 14.3. The summed E-state index contributed by atoms with van der Waals surface area (Å²) in [5, 5.41) is 9.27. The second-order valence-electron chi connectivity index (χ2n) is 5.77. The van der Waals surface area contributed by atoms with Crippen molar-refractivity contribution in [3.63, 3.8) is 0 Å². The molecule has 0 aliphatic carbocycles. The molecule has 1 rings (SSSR count). The summed E-state index contributed by atoms with van der Waals surface area (Å²) in [5.41, 5.74) is 0.521. The highest BCUT2D eigenvalue weighted by Crippen LogP contribution is 2.23. The van der Waals surface area contributed by atoms with E-state index in [0.29, 0.717) is 11.5 Å². The number of nitrogens with one attached hydrogen (secondary N) is 1. The van der Waals surface area contributed by atoms with Crippen molar-refractivity contribution >= 4 is 21.6 Å². The first-order chi connectivity index (χ1) is 9.76. The Hall–Kier alpha value is -0.620. The van der Waals surface area contributed by atoms with E-state index < -0.39 is 10.0 Å². The fourth-order valence-corrected chi connectivity index (χ4v) is 3.90. The van der Waals surface area contributed by atoms with Crippen molar-refractivity contribution in [2.45, 2.75) is 57.6 Å². The monoisotopic (exact) mass is 333 g/mol. The largest absolute Gasteiger partial charge is 0.392 e. The maximum absolute atomic E-state index is 12.4. The molecule has 0 aromatic heterocycles. The van der Waals surface area contributed by atoms with Gasteiger partial charge in [0.05, 0.1) is 11.6 Å². The summed E-state index contributed by atoms with van der Waals surface area (Å²) in [4.78, 5) is 0.0198. The van der Waals surface area contributed by atoms with Crippen LogP contribution in [0.3, 0.4) is 0 Å². The van der Waals surface area contributed by atoms with Gasteiger partial charge >= 0.3 is 0 Å². The number of aliphatic hydroxyl groups excluding tert-OH is 1. The summed E-state index contributed by atoms with van der Waals surface area (Å²) >= 11 is 5.97. The molecule has 0 radical (unpaired) electrons. The van der Waals surface area contributed by atoms with E-state index in [4.69, 9.17) is 16.7 Å². The van der Waals surface area contributed by atoms with Crippen LogP contribution in [0.25, 0.3) is 0 Å². The molecule has 4 nitrogen and oxygen atoms in total. The van der Waals surface area contributed by atoms with Crippen molar-refractivity contribution in [3.8, 4) is 0 Å². The molecule has 0 bridgehead atoms. The Kier molecular flexibility index (Phi) is 7.13. The molecule has 6 heteroatoms. The van der Waals surface area contributed by atoms with Crippen LogP contribution in [0, 0.1) is 5.92 Å². The third-order valence-corrected chi connectivity index (χ3v) is 5.31. The highest BCUT2D eigenvalue weighted by atomic mass is 35.5. The molecule has 0 aliphatic heterocycles. The Morgan fingerprint density at radius 1 is 1.24 bits per heavy atom. The van der Waals surface area contributed by atoms with Crippen LogP contribution in [-0.2, 0) is 16.6 Å². The van der Waals surface area contributed by atoms with Crippen LogP contribution in [-0.4, -0.2) is 19.6 Å². The summed E-state index contributed by atoms with van der Waals surface area (Å²) in [7, 11) is -3.67. The average Bonchev–Trinajstić information content (AvgIpc) is 2.38. The molecule has 21 heavy (non-hydrogen) atoms. The minimum Gasteiger partial charge on any atom is -0.392 e. The Bertz CT molecular complexity index is 558. The predicted molar refractivity (Wildman–Crippen MR) is 85.8 cm³/mol. The number of sulfonamides is 1. The van der Waals surface area contributed by atoms with E-state index in [-0.39, 0.29) is 22.6 Å². The molecule has 0 fully saturated rings. The molecule has 0 amide bonds. The fraction of sp³-hybridized carbons (Fsp3) is 0.600. The van der Waals surface area contributed by atoms with Crippen LogP contribution in [0.15, 0.2) is 23.1 Å². The summed E-state index contributed by atoms with van der Waals surface area (Å²) in [6.45, 7) is 5.93. The van der Waals surface area contributed by atoms with Crippen molar-refractivity contribution in [2.75, 3.05) is 0 Å². The van der Waals surface area contributed by atoms with Gasteiger partial charge in [-0.2, -0.15) is 0 Å².